The van der Waals surface area contributed by atoms with E-state index in [1.54, 1.807) is 11.3 Å². The molecule has 1 aromatic heterocycles. The normalized spacial score (nSPS) is 10.6. The van der Waals surface area contributed by atoms with Crippen LogP contribution in [0.4, 0.5) is 5.69 Å². The Balaban J connectivity index is 1.92. The zero-order valence-electron chi connectivity index (χ0n) is 10.0. The van der Waals surface area contributed by atoms with Gasteiger partial charge >= 0.3 is 0 Å². The molecule has 18 heavy (non-hydrogen) atoms. The van der Waals surface area contributed by atoms with Gasteiger partial charge in [0, 0.05) is 29.1 Å². The molecular weight excluding hydrogens is 266 g/mol. The van der Waals surface area contributed by atoms with Crippen molar-refractivity contribution in [1.29, 1.82) is 0 Å². The van der Waals surface area contributed by atoms with E-state index in [1.165, 1.54) is 10.4 Å². The van der Waals surface area contributed by atoms with Gasteiger partial charge in [0.05, 0.1) is 5.02 Å². The predicted molar refractivity (Wildman–Crippen MR) is 78.5 cm³/mol. The zero-order valence-corrected chi connectivity index (χ0v) is 11.6. The van der Waals surface area contributed by atoms with Crippen LogP contribution in [0, 0.1) is 0 Å². The number of nitrogens with one attached hydrogen (secondary N) is 1. The fourth-order valence-electron chi connectivity index (χ4n) is 1.76. The van der Waals surface area contributed by atoms with Crippen LogP contribution in [0.5, 0.6) is 0 Å². The average Bonchev–Trinajstić information content (AvgIpc) is 2.80. The van der Waals surface area contributed by atoms with Crippen LogP contribution in [0.1, 0.15) is 16.9 Å². The maximum absolute atomic E-state index is 8.82. The Labute approximate surface area is 116 Å². The van der Waals surface area contributed by atoms with Crippen molar-refractivity contribution in [2.45, 2.75) is 19.4 Å². The smallest absolute Gasteiger partial charge is 0.0516 e. The SMILES string of the molecule is OCCCc1cccc(NCc2cc(Cl)cs2)c1. The largest absolute Gasteiger partial charge is 0.396 e. The average molecular weight is 282 g/mol. The Morgan fingerprint density at radius 3 is 2.89 bits per heavy atom. The molecule has 4 heteroatoms. The lowest BCUT2D eigenvalue weighted by atomic mass is 10.1. The Morgan fingerprint density at radius 1 is 1.28 bits per heavy atom. The molecule has 0 amide bonds. The number of aryl methyl sites for hydroxylation is 1. The van der Waals surface area contributed by atoms with Crippen molar-refractivity contribution in [3.05, 3.63) is 51.2 Å². The molecule has 0 aliphatic carbocycles. The number of hydrogen-bond acceptors (Lipinski definition) is 3. The molecule has 96 valence electrons. The number of hydrogen-bond donors (Lipinski definition) is 2. The number of aliphatic hydroxyl groups is 1. The molecule has 2 nitrogen and oxygen atoms in total. The molecule has 2 rings (SSSR count). The molecule has 0 saturated carbocycles. The first-order valence-corrected chi connectivity index (χ1v) is 7.20. The minimum absolute atomic E-state index is 0.241. The second-order valence-corrected chi connectivity index (χ2v) is 5.54. The number of aliphatic hydroxyl groups excluding tert-OH is 1. The van der Waals surface area contributed by atoms with E-state index in [-0.39, 0.29) is 6.61 Å². The molecule has 2 N–H and O–H groups in total. The van der Waals surface area contributed by atoms with Gasteiger partial charge in [-0.3, -0.25) is 0 Å². The number of rotatable bonds is 6. The van der Waals surface area contributed by atoms with Crippen LogP contribution >= 0.6 is 22.9 Å². The van der Waals surface area contributed by atoms with Crippen LogP contribution in [0.2, 0.25) is 5.02 Å². The highest BCUT2D eigenvalue weighted by atomic mass is 35.5. The molecule has 0 aliphatic heterocycles. The summed E-state index contributed by atoms with van der Waals surface area (Å²) >= 11 is 7.54. The number of thiophene rings is 1. The molecule has 1 aromatic carbocycles. The minimum atomic E-state index is 0.241. The second kappa shape index (κ2) is 6.78. The van der Waals surface area contributed by atoms with Crippen molar-refractivity contribution < 1.29 is 5.11 Å². The van der Waals surface area contributed by atoms with Crippen LogP contribution in [0.15, 0.2) is 35.7 Å². The van der Waals surface area contributed by atoms with Gasteiger partial charge in [0.25, 0.3) is 0 Å². The Morgan fingerprint density at radius 2 is 2.17 bits per heavy atom. The Bertz CT molecular complexity index is 498. The van der Waals surface area contributed by atoms with E-state index < -0.39 is 0 Å². The van der Waals surface area contributed by atoms with Gasteiger partial charge in [0.15, 0.2) is 0 Å². The standard InChI is InChI=1S/C14H16ClNOS/c15-12-8-14(18-10-12)9-16-13-5-1-3-11(7-13)4-2-6-17/h1,3,5,7-8,10,16-17H,2,4,6,9H2. The van der Waals surface area contributed by atoms with Crippen molar-refractivity contribution >= 4 is 28.6 Å². The monoisotopic (exact) mass is 281 g/mol. The summed E-state index contributed by atoms with van der Waals surface area (Å²) in [7, 11) is 0. The molecule has 2 aromatic rings. The summed E-state index contributed by atoms with van der Waals surface area (Å²) < 4.78 is 0. The molecule has 0 bridgehead atoms. The van der Waals surface area contributed by atoms with Gasteiger partial charge in [-0.2, -0.15) is 0 Å². The predicted octanol–water partition coefficient (Wildman–Crippen LogP) is 3.94. The molecule has 0 atom stereocenters. The molecule has 0 unspecified atom stereocenters. The van der Waals surface area contributed by atoms with Gasteiger partial charge in [0.1, 0.15) is 0 Å². The van der Waals surface area contributed by atoms with Crippen molar-refractivity contribution in [2.75, 3.05) is 11.9 Å². The highest BCUT2D eigenvalue weighted by molar-refractivity contribution is 7.10. The van der Waals surface area contributed by atoms with E-state index in [9.17, 15) is 0 Å². The first-order chi connectivity index (χ1) is 8.78. The summed E-state index contributed by atoms with van der Waals surface area (Å²) in [6.45, 7) is 1.03. The van der Waals surface area contributed by atoms with Crippen LogP contribution < -0.4 is 5.32 Å². The Hall–Kier alpha value is -1.03. The molecule has 0 fully saturated rings. The summed E-state index contributed by atoms with van der Waals surface area (Å²) in [5.74, 6) is 0. The second-order valence-electron chi connectivity index (χ2n) is 4.11. The fraction of sp³-hybridized carbons (Fsp3) is 0.286. The lowest BCUT2D eigenvalue weighted by molar-refractivity contribution is 0.288. The van der Waals surface area contributed by atoms with E-state index >= 15 is 0 Å². The zero-order chi connectivity index (χ0) is 12.8. The van der Waals surface area contributed by atoms with E-state index in [0.717, 1.165) is 30.1 Å². The molecule has 0 spiro atoms. The Kier molecular flexibility index (Phi) is 5.05. The summed E-state index contributed by atoms with van der Waals surface area (Å²) in [6, 6.07) is 10.3. The summed E-state index contributed by atoms with van der Waals surface area (Å²) in [4.78, 5) is 1.22. The first kappa shape index (κ1) is 13.4. The van der Waals surface area contributed by atoms with Crippen LogP contribution in [0.25, 0.3) is 0 Å². The van der Waals surface area contributed by atoms with Gasteiger partial charge < -0.3 is 10.4 Å². The molecule has 0 saturated heterocycles. The van der Waals surface area contributed by atoms with Crippen molar-refractivity contribution in [3.8, 4) is 0 Å². The maximum atomic E-state index is 8.82. The van der Waals surface area contributed by atoms with Crippen LogP contribution in [-0.2, 0) is 13.0 Å². The van der Waals surface area contributed by atoms with E-state index in [2.05, 4.69) is 23.5 Å². The first-order valence-electron chi connectivity index (χ1n) is 5.94. The van der Waals surface area contributed by atoms with Crippen molar-refractivity contribution in [3.63, 3.8) is 0 Å². The lowest BCUT2D eigenvalue weighted by Crippen LogP contribution is -1.98. The van der Waals surface area contributed by atoms with Gasteiger partial charge in [-0.1, -0.05) is 23.7 Å². The molecule has 0 radical (unpaired) electrons. The third kappa shape index (κ3) is 4.02. The van der Waals surface area contributed by atoms with Crippen molar-refractivity contribution in [1.82, 2.24) is 0 Å². The summed E-state index contributed by atoms with van der Waals surface area (Å²) in [5.41, 5.74) is 2.35. The highest BCUT2D eigenvalue weighted by Gasteiger charge is 1.99. The third-order valence-electron chi connectivity index (χ3n) is 2.64. The quantitative estimate of drug-likeness (QED) is 0.841. The van der Waals surface area contributed by atoms with Crippen molar-refractivity contribution in [2.24, 2.45) is 0 Å². The lowest BCUT2D eigenvalue weighted by Gasteiger charge is -2.07. The number of anilines is 1. The minimum Gasteiger partial charge on any atom is -0.396 e. The van der Waals surface area contributed by atoms with E-state index in [0.29, 0.717) is 0 Å². The molecular formula is C14H16ClNOS. The number of benzene rings is 1. The van der Waals surface area contributed by atoms with Gasteiger partial charge in [0.2, 0.25) is 0 Å². The van der Waals surface area contributed by atoms with E-state index in [4.69, 9.17) is 16.7 Å². The fourth-order valence-corrected chi connectivity index (χ4v) is 2.77. The van der Waals surface area contributed by atoms with Gasteiger partial charge in [-0.05, 0) is 36.6 Å². The molecule has 0 aliphatic rings. The summed E-state index contributed by atoms with van der Waals surface area (Å²) in [5, 5.41) is 14.9. The highest BCUT2D eigenvalue weighted by Crippen LogP contribution is 2.20. The third-order valence-corrected chi connectivity index (χ3v) is 3.92. The van der Waals surface area contributed by atoms with E-state index in [1.807, 2.05) is 17.5 Å². The van der Waals surface area contributed by atoms with Gasteiger partial charge in [-0.25, -0.2) is 0 Å². The summed E-state index contributed by atoms with van der Waals surface area (Å²) in [6.07, 6.45) is 1.72. The topological polar surface area (TPSA) is 32.3 Å². The van der Waals surface area contributed by atoms with Crippen LogP contribution in [0.3, 0.4) is 0 Å². The van der Waals surface area contributed by atoms with Crippen LogP contribution in [-0.4, -0.2) is 11.7 Å². The maximum Gasteiger partial charge on any atom is 0.0516 e. The van der Waals surface area contributed by atoms with Gasteiger partial charge in [-0.15, -0.1) is 11.3 Å². The number of halogens is 1. The molecule has 1 heterocycles.